The van der Waals surface area contributed by atoms with Crippen LogP contribution in [0.1, 0.15) is 34.6 Å². The van der Waals surface area contributed by atoms with Gasteiger partial charge in [-0.05, 0) is 37.6 Å². The van der Waals surface area contributed by atoms with Gasteiger partial charge >= 0.3 is 0 Å². The van der Waals surface area contributed by atoms with E-state index < -0.39 is 0 Å². The predicted octanol–water partition coefficient (Wildman–Crippen LogP) is 3.46. The fraction of sp³-hybridized carbons (Fsp3) is 0.375. The Kier molecular flexibility index (Phi) is 4.01. The molecule has 1 fully saturated rings. The highest BCUT2D eigenvalue weighted by Crippen LogP contribution is 2.39. The van der Waals surface area contributed by atoms with Gasteiger partial charge in [-0.3, -0.25) is 9.78 Å². The SMILES string of the molecule is Cc1cc(C2SCCC(=O)N2Cc2ccccn2)oc1C. The van der Waals surface area contributed by atoms with Crippen molar-refractivity contribution >= 4 is 17.7 Å². The second kappa shape index (κ2) is 5.93. The molecule has 0 spiro atoms. The first-order valence-corrected chi connectivity index (χ1v) is 8.08. The Morgan fingerprint density at radius 2 is 2.29 bits per heavy atom. The molecule has 1 aliphatic rings. The number of aromatic nitrogens is 1. The minimum atomic E-state index is -0.0549. The standard InChI is InChI=1S/C16H18N2O2S/c1-11-9-14(20-12(11)2)16-18(15(19)6-8-21-16)10-13-5-3-4-7-17-13/h3-5,7,9,16H,6,8,10H2,1-2H3. The minimum absolute atomic E-state index is 0.0549. The van der Waals surface area contributed by atoms with E-state index in [1.165, 1.54) is 0 Å². The van der Waals surface area contributed by atoms with Gasteiger partial charge in [-0.1, -0.05) is 6.07 Å². The third-order valence-corrected chi connectivity index (χ3v) is 4.92. The first-order valence-electron chi connectivity index (χ1n) is 7.03. The number of carbonyl (C=O) groups is 1. The number of amides is 1. The van der Waals surface area contributed by atoms with Crippen molar-refractivity contribution in [3.05, 3.63) is 53.2 Å². The van der Waals surface area contributed by atoms with Gasteiger partial charge in [0, 0.05) is 18.4 Å². The topological polar surface area (TPSA) is 46.3 Å². The average molecular weight is 302 g/mol. The number of pyridine rings is 1. The Balaban J connectivity index is 1.87. The van der Waals surface area contributed by atoms with Gasteiger partial charge in [0.05, 0.1) is 12.2 Å². The summed E-state index contributed by atoms with van der Waals surface area (Å²) in [5, 5.41) is -0.0549. The first-order chi connectivity index (χ1) is 10.1. The van der Waals surface area contributed by atoms with Crippen LogP contribution in [0.3, 0.4) is 0 Å². The minimum Gasteiger partial charge on any atom is -0.463 e. The van der Waals surface area contributed by atoms with Crippen LogP contribution in [0.15, 0.2) is 34.9 Å². The molecule has 21 heavy (non-hydrogen) atoms. The molecule has 0 radical (unpaired) electrons. The maximum Gasteiger partial charge on any atom is 0.225 e. The van der Waals surface area contributed by atoms with Gasteiger partial charge in [-0.25, -0.2) is 0 Å². The average Bonchev–Trinajstić information content (AvgIpc) is 2.82. The molecule has 110 valence electrons. The molecule has 0 aromatic carbocycles. The molecule has 5 heteroatoms. The van der Waals surface area contributed by atoms with Crippen LogP contribution in [0, 0.1) is 13.8 Å². The van der Waals surface area contributed by atoms with Crippen molar-refractivity contribution in [1.29, 1.82) is 0 Å². The highest BCUT2D eigenvalue weighted by Gasteiger charge is 2.32. The fourth-order valence-electron chi connectivity index (χ4n) is 2.42. The Morgan fingerprint density at radius 1 is 1.43 bits per heavy atom. The molecule has 0 aliphatic carbocycles. The second-order valence-corrected chi connectivity index (χ2v) is 6.39. The highest BCUT2D eigenvalue weighted by atomic mass is 32.2. The molecule has 0 bridgehead atoms. The van der Waals surface area contributed by atoms with Gasteiger partial charge in [0.15, 0.2) is 0 Å². The van der Waals surface area contributed by atoms with Gasteiger partial charge in [-0.15, -0.1) is 11.8 Å². The predicted molar refractivity (Wildman–Crippen MR) is 82.8 cm³/mol. The molecular weight excluding hydrogens is 284 g/mol. The van der Waals surface area contributed by atoms with Crippen molar-refractivity contribution in [2.45, 2.75) is 32.2 Å². The molecule has 4 nitrogen and oxygen atoms in total. The molecular formula is C16H18N2O2S. The largest absolute Gasteiger partial charge is 0.463 e. The van der Waals surface area contributed by atoms with E-state index in [1.807, 2.05) is 43.0 Å². The summed E-state index contributed by atoms with van der Waals surface area (Å²) in [4.78, 5) is 18.5. The molecule has 3 rings (SSSR count). The van der Waals surface area contributed by atoms with E-state index in [9.17, 15) is 4.79 Å². The zero-order chi connectivity index (χ0) is 14.8. The van der Waals surface area contributed by atoms with Crippen molar-refractivity contribution in [3.63, 3.8) is 0 Å². The van der Waals surface area contributed by atoms with Crippen LogP contribution in [0.4, 0.5) is 0 Å². The van der Waals surface area contributed by atoms with Gasteiger partial charge < -0.3 is 9.32 Å². The van der Waals surface area contributed by atoms with E-state index in [4.69, 9.17) is 4.42 Å². The lowest BCUT2D eigenvalue weighted by molar-refractivity contribution is -0.133. The number of furan rings is 1. The van der Waals surface area contributed by atoms with Crippen LogP contribution >= 0.6 is 11.8 Å². The number of carbonyl (C=O) groups excluding carboxylic acids is 1. The zero-order valence-electron chi connectivity index (χ0n) is 12.2. The van der Waals surface area contributed by atoms with Gasteiger partial charge in [0.1, 0.15) is 16.9 Å². The van der Waals surface area contributed by atoms with E-state index in [-0.39, 0.29) is 11.3 Å². The normalized spacial score (nSPS) is 19.0. The van der Waals surface area contributed by atoms with E-state index in [1.54, 1.807) is 18.0 Å². The number of hydrogen-bond donors (Lipinski definition) is 0. The molecule has 2 aromatic rings. The molecule has 0 N–H and O–H groups in total. The van der Waals surface area contributed by atoms with Crippen LogP contribution in [0.25, 0.3) is 0 Å². The van der Waals surface area contributed by atoms with Crippen molar-refractivity contribution in [3.8, 4) is 0 Å². The Hall–Kier alpha value is -1.75. The molecule has 3 heterocycles. The third kappa shape index (κ3) is 2.97. The van der Waals surface area contributed by atoms with Gasteiger partial charge in [0.25, 0.3) is 0 Å². The number of thioether (sulfide) groups is 1. The summed E-state index contributed by atoms with van der Waals surface area (Å²) in [7, 11) is 0. The van der Waals surface area contributed by atoms with Gasteiger partial charge in [-0.2, -0.15) is 0 Å². The maximum atomic E-state index is 12.3. The lowest BCUT2D eigenvalue weighted by Crippen LogP contribution is -2.36. The van der Waals surface area contributed by atoms with Crippen LogP contribution in [0.2, 0.25) is 0 Å². The first kappa shape index (κ1) is 14.2. The number of rotatable bonds is 3. The monoisotopic (exact) mass is 302 g/mol. The van der Waals surface area contributed by atoms with Crippen molar-refractivity contribution in [2.75, 3.05) is 5.75 Å². The summed E-state index contributed by atoms with van der Waals surface area (Å²) in [6.45, 7) is 4.51. The summed E-state index contributed by atoms with van der Waals surface area (Å²) in [6, 6.07) is 7.81. The van der Waals surface area contributed by atoms with Gasteiger partial charge in [0.2, 0.25) is 5.91 Å². The van der Waals surface area contributed by atoms with E-state index in [2.05, 4.69) is 4.98 Å². The van der Waals surface area contributed by atoms with E-state index in [0.29, 0.717) is 13.0 Å². The smallest absolute Gasteiger partial charge is 0.225 e. The molecule has 1 saturated heterocycles. The summed E-state index contributed by atoms with van der Waals surface area (Å²) in [6.07, 6.45) is 2.33. The number of hydrogen-bond acceptors (Lipinski definition) is 4. The van der Waals surface area contributed by atoms with Crippen LogP contribution in [-0.4, -0.2) is 21.5 Å². The lowest BCUT2D eigenvalue weighted by Gasteiger charge is -2.33. The van der Waals surface area contributed by atoms with Crippen molar-refractivity contribution in [2.24, 2.45) is 0 Å². The fourth-order valence-corrected chi connectivity index (χ4v) is 3.59. The Morgan fingerprint density at radius 3 is 2.95 bits per heavy atom. The summed E-state index contributed by atoms with van der Waals surface area (Å²) in [5.41, 5.74) is 2.03. The van der Waals surface area contributed by atoms with E-state index >= 15 is 0 Å². The van der Waals surface area contributed by atoms with Crippen LogP contribution < -0.4 is 0 Å². The van der Waals surface area contributed by atoms with Crippen LogP contribution in [-0.2, 0) is 11.3 Å². The van der Waals surface area contributed by atoms with Crippen molar-refractivity contribution in [1.82, 2.24) is 9.88 Å². The lowest BCUT2D eigenvalue weighted by atomic mass is 10.2. The van der Waals surface area contributed by atoms with Crippen molar-refractivity contribution < 1.29 is 9.21 Å². The number of aryl methyl sites for hydroxylation is 2. The zero-order valence-corrected chi connectivity index (χ0v) is 13.0. The molecule has 1 amide bonds. The quantitative estimate of drug-likeness (QED) is 0.871. The number of nitrogens with zero attached hydrogens (tertiary/aromatic N) is 2. The van der Waals surface area contributed by atoms with E-state index in [0.717, 1.165) is 28.5 Å². The maximum absolute atomic E-state index is 12.3. The highest BCUT2D eigenvalue weighted by molar-refractivity contribution is 7.99. The molecule has 2 aromatic heterocycles. The molecule has 1 atom stereocenters. The molecule has 0 saturated carbocycles. The van der Waals surface area contributed by atoms with Crippen LogP contribution in [0.5, 0.6) is 0 Å². The summed E-state index contributed by atoms with van der Waals surface area (Å²) < 4.78 is 5.83. The Bertz CT molecular complexity index is 619. The summed E-state index contributed by atoms with van der Waals surface area (Å²) in [5.74, 6) is 2.78. The molecule has 1 aliphatic heterocycles. The summed E-state index contributed by atoms with van der Waals surface area (Å²) >= 11 is 1.75. The third-order valence-electron chi connectivity index (χ3n) is 3.68. The molecule has 1 unspecified atom stereocenters. The second-order valence-electron chi connectivity index (χ2n) is 5.20. The Labute approximate surface area is 128 Å².